The Bertz CT molecular complexity index is 1030. The van der Waals surface area contributed by atoms with Crippen LogP contribution in [0.4, 0.5) is 0 Å². The molecule has 0 saturated carbocycles. The number of nitrogens with zero attached hydrogens (tertiary/aromatic N) is 2. The normalized spacial score (nSPS) is 11.2. The zero-order valence-corrected chi connectivity index (χ0v) is 17.3. The van der Waals surface area contributed by atoms with Crippen LogP contribution in [0.15, 0.2) is 53.6 Å². The molecule has 0 saturated heterocycles. The number of nitrogens with one attached hydrogen (secondary N) is 1. The molecule has 1 heterocycles. The first-order valence-electron chi connectivity index (χ1n) is 9.18. The van der Waals surface area contributed by atoms with Crippen molar-refractivity contribution in [1.29, 1.82) is 0 Å². The van der Waals surface area contributed by atoms with Gasteiger partial charge in [-0.1, -0.05) is 35.4 Å². The van der Waals surface area contributed by atoms with E-state index in [9.17, 15) is 4.79 Å². The third kappa shape index (κ3) is 4.52. The van der Waals surface area contributed by atoms with E-state index in [4.69, 9.17) is 11.6 Å². The molecule has 3 rings (SSSR count). The molecule has 28 heavy (non-hydrogen) atoms. The number of carbonyl (C=O) groups is 1. The molecule has 0 aliphatic carbocycles. The lowest BCUT2D eigenvalue weighted by Crippen LogP contribution is -2.20. The lowest BCUT2D eigenvalue weighted by Gasteiger charge is -2.09. The summed E-state index contributed by atoms with van der Waals surface area (Å²) in [5.41, 5.74) is 10.1. The highest BCUT2D eigenvalue weighted by molar-refractivity contribution is 6.30. The highest BCUT2D eigenvalue weighted by Gasteiger charge is 2.10. The van der Waals surface area contributed by atoms with Gasteiger partial charge >= 0.3 is 0 Å². The predicted molar refractivity (Wildman–Crippen MR) is 116 cm³/mol. The summed E-state index contributed by atoms with van der Waals surface area (Å²) in [6.07, 6.45) is 2.00. The third-order valence-electron chi connectivity index (χ3n) is 4.80. The summed E-state index contributed by atoms with van der Waals surface area (Å²) in [4.78, 5) is 12.2. The summed E-state index contributed by atoms with van der Waals surface area (Å²) in [5.74, 6) is -0.130. The number of aryl methyl sites for hydroxylation is 3. The van der Waals surface area contributed by atoms with E-state index in [1.165, 1.54) is 5.56 Å². The monoisotopic (exact) mass is 393 g/mol. The minimum atomic E-state index is -0.130. The van der Waals surface area contributed by atoms with Crippen molar-refractivity contribution in [3.05, 3.63) is 87.2 Å². The van der Waals surface area contributed by atoms with Gasteiger partial charge in [0.05, 0.1) is 12.6 Å². The van der Waals surface area contributed by atoms with Gasteiger partial charge in [0.15, 0.2) is 0 Å². The summed E-state index contributed by atoms with van der Waals surface area (Å²) in [6, 6.07) is 15.8. The van der Waals surface area contributed by atoms with Gasteiger partial charge in [0, 0.05) is 27.7 Å². The standard InChI is InChI=1S/C23H24ClN3O/c1-15-5-6-19(16(2)11-15)13-23(28)26-25-14-20-12-17(3)27(18(20)4)22-9-7-21(24)8-10-22/h5-12,14H,13H2,1-4H3,(H,26,28)/b25-14-. The number of benzene rings is 2. The summed E-state index contributed by atoms with van der Waals surface area (Å²) in [6.45, 7) is 8.13. The molecule has 0 fully saturated rings. The van der Waals surface area contributed by atoms with E-state index in [-0.39, 0.29) is 5.91 Å². The molecule has 0 aliphatic heterocycles. The van der Waals surface area contributed by atoms with Gasteiger partial charge in [0.2, 0.25) is 5.91 Å². The van der Waals surface area contributed by atoms with Crippen molar-refractivity contribution in [2.45, 2.75) is 34.1 Å². The minimum absolute atomic E-state index is 0.130. The SMILES string of the molecule is Cc1ccc(CC(=O)N/N=C\c2cc(C)n(-c3ccc(Cl)cc3)c2C)c(C)c1. The number of rotatable bonds is 5. The lowest BCUT2D eigenvalue weighted by molar-refractivity contribution is -0.120. The van der Waals surface area contributed by atoms with Crippen molar-refractivity contribution in [3.63, 3.8) is 0 Å². The van der Waals surface area contributed by atoms with Crippen LogP contribution in [-0.4, -0.2) is 16.7 Å². The first-order valence-corrected chi connectivity index (χ1v) is 9.56. The maximum absolute atomic E-state index is 12.2. The molecule has 0 radical (unpaired) electrons. The van der Waals surface area contributed by atoms with Crippen molar-refractivity contribution in [3.8, 4) is 5.69 Å². The van der Waals surface area contributed by atoms with E-state index in [1.54, 1.807) is 6.21 Å². The number of hydrogen-bond acceptors (Lipinski definition) is 2. The minimum Gasteiger partial charge on any atom is -0.318 e. The number of hydrazone groups is 1. The fraction of sp³-hybridized carbons (Fsp3) is 0.217. The van der Waals surface area contributed by atoms with Crippen LogP contribution >= 0.6 is 11.6 Å². The number of halogens is 1. The van der Waals surface area contributed by atoms with Crippen molar-refractivity contribution in [2.75, 3.05) is 0 Å². The largest absolute Gasteiger partial charge is 0.318 e. The van der Waals surface area contributed by atoms with E-state index in [0.29, 0.717) is 11.4 Å². The maximum Gasteiger partial charge on any atom is 0.244 e. The Balaban J connectivity index is 1.70. The van der Waals surface area contributed by atoms with Crippen molar-refractivity contribution in [1.82, 2.24) is 9.99 Å². The Morgan fingerprint density at radius 3 is 2.46 bits per heavy atom. The molecule has 144 valence electrons. The predicted octanol–water partition coefficient (Wildman–Crippen LogP) is 5.06. The molecule has 4 nitrogen and oxygen atoms in total. The molecule has 1 N–H and O–H groups in total. The molecule has 0 bridgehead atoms. The van der Waals surface area contributed by atoms with Crippen LogP contribution in [-0.2, 0) is 11.2 Å². The van der Waals surface area contributed by atoms with E-state index in [1.807, 2.05) is 70.2 Å². The first kappa shape index (κ1) is 19.9. The van der Waals surface area contributed by atoms with Crippen LogP contribution in [0.3, 0.4) is 0 Å². The second-order valence-electron chi connectivity index (χ2n) is 7.04. The molecule has 2 aromatic carbocycles. The van der Waals surface area contributed by atoms with Crippen LogP contribution in [0.5, 0.6) is 0 Å². The van der Waals surface area contributed by atoms with Gasteiger partial charge in [-0.3, -0.25) is 4.79 Å². The molecule has 1 aromatic heterocycles. The van der Waals surface area contributed by atoms with Crippen LogP contribution in [0.2, 0.25) is 5.02 Å². The van der Waals surface area contributed by atoms with E-state index < -0.39 is 0 Å². The first-order chi connectivity index (χ1) is 13.3. The molecule has 1 amide bonds. The van der Waals surface area contributed by atoms with Gasteiger partial charge in [-0.05, 0) is 69.2 Å². The number of amides is 1. The Hall–Kier alpha value is -2.85. The average Bonchev–Trinajstić information content (AvgIpc) is 2.92. The molecule has 0 atom stereocenters. The zero-order chi connectivity index (χ0) is 20.3. The second-order valence-corrected chi connectivity index (χ2v) is 7.47. The summed E-state index contributed by atoms with van der Waals surface area (Å²) in [5, 5.41) is 4.86. The average molecular weight is 394 g/mol. The van der Waals surface area contributed by atoms with Gasteiger partial charge < -0.3 is 4.57 Å². The van der Waals surface area contributed by atoms with Crippen molar-refractivity contribution in [2.24, 2.45) is 5.10 Å². The Kier molecular flexibility index (Phi) is 6.00. The van der Waals surface area contributed by atoms with Gasteiger partial charge in [-0.15, -0.1) is 0 Å². The van der Waals surface area contributed by atoms with Crippen LogP contribution in [0.1, 0.15) is 33.6 Å². The summed E-state index contributed by atoms with van der Waals surface area (Å²) in [7, 11) is 0. The van der Waals surface area contributed by atoms with E-state index in [2.05, 4.69) is 21.2 Å². The Morgan fingerprint density at radius 2 is 1.79 bits per heavy atom. The van der Waals surface area contributed by atoms with Gasteiger partial charge in [-0.25, -0.2) is 5.43 Å². The van der Waals surface area contributed by atoms with Crippen molar-refractivity contribution >= 4 is 23.7 Å². The molecule has 0 unspecified atom stereocenters. The lowest BCUT2D eigenvalue weighted by atomic mass is 10.0. The fourth-order valence-corrected chi connectivity index (χ4v) is 3.46. The Morgan fingerprint density at radius 1 is 1.07 bits per heavy atom. The highest BCUT2D eigenvalue weighted by Crippen LogP contribution is 2.21. The van der Waals surface area contributed by atoms with Crippen LogP contribution in [0, 0.1) is 27.7 Å². The van der Waals surface area contributed by atoms with Gasteiger partial charge in [0.25, 0.3) is 0 Å². The fourth-order valence-electron chi connectivity index (χ4n) is 3.34. The maximum atomic E-state index is 12.2. The zero-order valence-electron chi connectivity index (χ0n) is 16.6. The second kappa shape index (κ2) is 8.44. The van der Waals surface area contributed by atoms with Crippen molar-refractivity contribution < 1.29 is 4.79 Å². The summed E-state index contributed by atoms with van der Waals surface area (Å²) < 4.78 is 2.13. The van der Waals surface area contributed by atoms with Gasteiger partial charge in [0.1, 0.15) is 0 Å². The highest BCUT2D eigenvalue weighted by atomic mass is 35.5. The summed E-state index contributed by atoms with van der Waals surface area (Å²) >= 11 is 5.99. The molecular weight excluding hydrogens is 370 g/mol. The van der Waals surface area contributed by atoms with E-state index in [0.717, 1.165) is 33.8 Å². The smallest absolute Gasteiger partial charge is 0.244 e. The molecule has 0 spiro atoms. The number of aromatic nitrogens is 1. The molecule has 3 aromatic rings. The van der Waals surface area contributed by atoms with Crippen LogP contribution in [0.25, 0.3) is 5.69 Å². The van der Waals surface area contributed by atoms with Gasteiger partial charge in [-0.2, -0.15) is 5.10 Å². The third-order valence-corrected chi connectivity index (χ3v) is 5.05. The molecular formula is C23H24ClN3O. The number of hydrogen-bond donors (Lipinski definition) is 1. The topological polar surface area (TPSA) is 46.4 Å². The molecule has 5 heteroatoms. The van der Waals surface area contributed by atoms with Crippen LogP contribution < -0.4 is 5.43 Å². The Labute approximate surface area is 170 Å². The van der Waals surface area contributed by atoms with E-state index >= 15 is 0 Å². The quantitative estimate of drug-likeness (QED) is 0.478. The number of carbonyl (C=O) groups excluding carboxylic acids is 1. The molecule has 0 aliphatic rings.